The van der Waals surface area contributed by atoms with Gasteiger partial charge in [-0.15, -0.1) is 0 Å². The van der Waals surface area contributed by atoms with Crippen molar-refractivity contribution in [2.75, 3.05) is 13.1 Å². The molecule has 0 spiro atoms. The number of unbranched alkanes of at least 4 members (excludes halogenated alkanes) is 1. The van der Waals surface area contributed by atoms with Crippen molar-refractivity contribution in [3.05, 3.63) is 59.9 Å². The Labute approximate surface area is 216 Å². The lowest BCUT2D eigenvalue weighted by molar-refractivity contribution is -0.138. The molecule has 0 saturated carbocycles. The molecule has 9 nitrogen and oxygen atoms in total. The summed E-state index contributed by atoms with van der Waals surface area (Å²) >= 11 is 0. The Balaban J connectivity index is 1.37. The molecule has 4 rings (SSSR count). The number of likely N-dealkylation sites (tertiary alicyclic amines) is 1. The minimum absolute atomic E-state index is 0.0757. The van der Waals surface area contributed by atoms with Gasteiger partial charge in [-0.05, 0) is 62.1 Å². The molecule has 1 saturated heterocycles. The van der Waals surface area contributed by atoms with Crippen LogP contribution in [0.3, 0.4) is 0 Å². The van der Waals surface area contributed by atoms with Crippen LogP contribution in [0.5, 0.6) is 5.75 Å². The van der Waals surface area contributed by atoms with E-state index >= 15 is 0 Å². The lowest BCUT2D eigenvalue weighted by Gasteiger charge is -2.25. The second-order valence-electron chi connectivity index (χ2n) is 9.66. The number of hydrogen-bond donors (Lipinski definition) is 4. The van der Waals surface area contributed by atoms with E-state index in [0.29, 0.717) is 31.8 Å². The zero-order valence-electron chi connectivity index (χ0n) is 21.0. The number of aromatic amines is 1. The highest BCUT2D eigenvalue weighted by atomic mass is 16.3. The summed E-state index contributed by atoms with van der Waals surface area (Å²) in [5, 5.41) is 12.4. The van der Waals surface area contributed by atoms with Crippen LogP contribution in [0.15, 0.2) is 48.5 Å². The molecule has 0 bridgehead atoms. The molecule has 0 radical (unpaired) electrons. The Morgan fingerprint density at radius 3 is 2.68 bits per heavy atom. The van der Waals surface area contributed by atoms with E-state index < -0.39 is 12.0 Å². The van der Waals surface area contributed by atoms with Gasteiger partial charge >= 0.3 is 0 Å². The number of nitrogens with one attached hydrogen (secondary N) is 2. The number of benzene rings is 2. The summed E-state index contributed by atoms with van der Waals surface area (Å²) in [7, 11) is 0. The van der Waals surface area contributed by atoms with E-state index in [1.165, 1.54) is 0 Å². The summed E-state index contributed by atoms with van der Waals surface area (Å²) < 4.78 is 0. The number of nitrogens with two attached hydrogens (primary N) is 1. The first kappa shape index (κ1) is 26.3. The van der Waals surface area contributed by atoms with Crippen LogP contribution in [-0.4, -0.2) is 56.7 Å². The molecule has 3 aromatic rings. The van der Waals surface area contributed by atoms with E-state index in [0.717, 1.165) is 35.9 Å². The number of carbonyl (C=O) groups is 3. The van der Waals surface area contributed by atoms with Crippen LogP contribution in [0.1, 0.15) is 49.9 Å². The van der Waals surface area contributed by atoms with E-state index in [1.54, 1.807) is 29.2 Å². The highest BCUT2D eigenvalue weighted by molar-refractivity contribution is 5.93. The number of amides is 2. The molecular weight excluding hydrogens is 470 g/mol. The van der Waals surface area contributed by atoms with Crippen molar-refractivity contribution in [2.24, 2.45) is 11.7 Å². The molecule has 5 N–H and O–H groups in total. The number of para-hydroxylation sites is 2. The number of imidazole rings is 1. The van der Waals surface area contributed by atoms with Gasteiger partial charge in [0.2, 0.25) is 11.8 Å². The van der Waals surface area contributed by atoms with Crippen molar-refractivity contribution in [3.8, 4) is 5.75 Å². The van der Waals surface area contributed by atoms with E-state index in [-0.39, 0.29) is 42.7 Å². The van der Waals surface area contributed by atoms with Gasteiger partial charge < -0.3 is 26.0 Å². The molecular formula is C28H35N5O4. The van der Waals surface area contributed by atoms with Gasteiger partial charge in [-0.3, -0.25) is 14.4 Å². The van der Waals surface area contributed by atoms with Crippen LogP contribution in [0.2, 0.25) is 0 Å². The summed E-state index contributed by atoms with van der Waals surface area (Å²) in [4.78, 5) is 48.8. The van der Waals surface area contributed by atoms with E-state index in [9.17, 15) is 19.5 Å². The smallest absolute Gasteiger partial charge is 0.227 e. The van der Waals surface area contributed by atoms with Crippen LogP contribution in [0.4, 0.5) is 0 Å². The normalized spacial score (nSPS) is 16.1. The van der Waals surface area contributed by atoms with Crippen molar-refractivity contribution in [1.29, 1.82) is 0 Å². The van der Waals surface area contributed by atoms with Crippen molar-refractivity contribution in [1.82, 2.24) is 20.2 Å². The maximum atomic E-state index is 13.3. The number of H-pyrrole nitrogens is 1. The van der Waals surface area contributed by atoms with Crippen LogP contribution < -0.4 is 11.1 Å². The molecule has 0 unspecified atom stereocenters. The van der Waals surface area contributed by atoms with Crippen LogP contribution in [-0.2, 0) is 27.3 Å². The highest BCUT2D eigenvalue weighted by Crippen LogP contribution is 2.24. The standard InChI is InChI=1S/C28H35N5O4/c29-14-4-3-6-20(28(37)30-18-26-31-22-7-1-2-8-23(22)32-26)17-25(35)24-9-5-15-33(24)27(36)16-19-10-12-21(34)13-11-19/h1-2,7-8,10-13,20,24,34H,3-6,9,14-18,29H2,(H,30,37)(H,31,32)/t20-,24+/m1/s1. The van der Waals surface area contributed by atoms with E-state index in [1.807, 2.05) is 24.3 Å². The second-order valence-corrected chi connectivity index (χ2v) is 9.66. The Kier molecular flexibility index (Phi) is 8.90. The third kappa shape index (κ3) is 6.95. The Hall–Kier alpha value is -3.72. The molecule has 0 aliphatic carbocycles. The van der Waals surface area contributed by atoms with E-state index in [4.69, 9.17) is 5.73 Å². The van der Waals surface area contributed by atoms with Gasteiger partial charge in [0.05, 0.1) is 30.0 Å². The number of rotatable bonds is 12. The van der Waals surface area contributed by atoms with Gasteiger partial charge in [0.1, 0.15) is 11.6 Å². The first-order chi connectivity index (χ1) is 17.9. The molecule has 2 atom stereocenters. The predicted molar refractivity (Wildman–Crippen MR) is 141 cm³/mol. The molecule has 9 heteroatoms. The molecule has 37 heavy (non-hydrogen) atoms. The Bertz CT molecular complexity index is 1190. The number of fused-ring (bicyclic) bond motifs is 1. The average molecular weight is 506 g/mol. The maximum Gasteiger partial charge on any atom is 0.227 e. The van der Waals surface area contributed by atoms with Crippen LogP contribution in [0, 0.1) is 5.92 Å². The Morgan fingerprint density at radius 1 is 1.14 bits per heavy atom. The number of carbonyl (C=O) groups excluding carboxylic acids is 3. The van der Waals surface area contributed by atoms with Crippen LogP contribution in [0.25, 0.3) is 11.0 Å². The average Bonchev–Trinajstić information content (AvgIpc) is 3.55. The molecule has 2 heterocycles. The molecule has 2 amide bonds. The fourth-order valence-corrected chi connectivity index (χ4v) is 4.93. The van der Waals surface area contributed by atoms with Gasteiger partial charge in [-0.1, -0.05) is 30.7 Å². The number of ketones is 1. The topological polar surface area (TPSA) is 141 Å². The fourth-order valence-electron chi connectivity index (χ4n) is 4.93. The number of aromatic hydroxyl groups is 1. The predicted octanol–water partition coefficient (Wildman–Crippen LogP) is 2.82. The summed E-state index contributed by atoms with van der Waals surface area (Å²) in [6.07, 6.45) is 3.71. The maximum absolute atomic E-state index is 13.3. The monoisotopic (exact) mass is 505 g/mol. The minimum atomic E-state index is -0.509. The number of phenolic OH excluding ortho intramolecular Hbond substituents is 1. The summed E-state index contributed by atoms with van der Waals surface area (Å²) in [5.74, 6) is -0.0688. The highest BCUT2D eigenvalue weighted by Gasteiger charge is 2.35. The number of hydrogen-bond acceptors (Lipinski definition) is 6. The van der Waals surface area contributed by atoms with Gasteiger partial charge in [0.25, 0.3) is 0 Å². The van der Waals surface area contributed by atoms with Crippen molar-refractivity contribution in [3.63, 3.8) is 0 Å². The molecule has 2 aromatic carbocycles. The van der Waals surface area contributed by atoms with Gasteiger partial charge in [0.15, 0.2) is 5.78 Å². The van der Waals surface area contributed by atoms with Gasteiger partial charge in [-0.2, -0.15) is 0 Å². The summed E-state index contributed by atoms with van der Waals surface area (Å²) in [6.45, 7) is 1.31. The number of Topliss-reactive ketones (excluding diaryl/α,β-unsaturated/α-hetero) is 1. The lowest BCUT2D eigenvalue weighted by atomic mass is 9.92. The minimum Gasteiger partial charge on any atom is -0.508 e. The first-order valence-electron chi connectivity index (χ1n) is 13.0. The zero-order valence-corrected chi connectivity index (χ0v) is 21.0. The molecule has 196 valence electrons. The van der Waals surface area contributed by atoms with E-state index in [2.05, 4.69) is 15.3 Å². The van der Waals surface area contributed by atoms with Crippen molar-refractivity contribution < 1.29 is 19.5 Å². The molecule has 1 fully saturated rings. The molecule has 1 aromatic heterocycles. The SMILES string of the molecule is NCCCC[C@H](CC(=O)[C@@H]1CCCN1C(=O)Cc1ccc(O)cc1)C(=O)NCc1nc2ccccc2[nH]1. The third-order valence-corrected chi connectivity index (χ3v) is 6.93. The quantitative estimate of drug-likeness (QED) is 0.279. The molecule has 1 aliphatic heterocycles. The lowest BCUT2D eigenvalue weighted by Crippen LogP contribution is -2.43. The summed E-state index contributed by atoms with van der Waals surface area (Å²) in [6, 6.07) is 13.7. The third-order valence-electron chi connectivity index (χ3n) is 6.93. The first-order valence-corrected chi connectivity index (χ1v) is 13.0. The van der Waals surface area contributed by atoms with Crippen molar-refractivity contribution in [2.45, 2.75) is 57.5 Å². The van der Waals surface area contributed by atoms with Gasteiger partial charge in [0, 0.05) is 18.9 Å². The summed E-state index contributed by atoms with van der Waals surface area (Å²) in [5.41, 5.74) is 8.17. The van der Waals surface area contributed by atoms with Crippen LogP contribution >= 0.6 is 0 Å². The molecule has 1 aliphatic rings. The largest absolute Gasteiger partial charge is 0.508 e. The van der Waals surface area contributed by atoms with Crippen molar-refractivity contribution >= 4 is 28.6 Å². The number of phenols is 1. The van der Waals surface area contributed by atoms with Gasteiger partial charge in [-0.25, -0.2) is 4.98 Å². The Morgan fingerprint density at radius 2 is 1.92 bits per heavy atom. The second kappa shape index (κ2) is 12.5. The number of nitrogens with zero attached hydrogens (tertiary/aromatic N) is 2. The fraction of sp³-hybridized carbons (Fsp3) is 0.429. The zero-order chi connectivity index (χ0) is 26.2. The number of aromatic nitrogens is 2.